The second-order valence-corrected chi connectivity index (χ2v) is 9.92. The van der Waals surface area contributed by atoms with Gasteiger partial charge in [-0.1, -0.05) is 0 Å². The topological polar surface area (TPSA) is 74.7 Å². The zero-order valence-electron chi connectivity index (χ0n) is 22.2. The van der Waals surface area contributed by atoms with Crippen LogP contribution in [0.25, 0.3) is 10.9 Å². The number of amides is 1. The number of likely N-dealkylation sites (N-methyl/N-ethyl adjacent to an activating group) is 1. The van der Waals surface area contributed by atoms with E-state index in [-0.39, 0.29) is 5.91 Å². The summed E-state index contributed by atoms with van der Waals surface area (Å²) in [5.74, 6) is 0.625. The lowest BCUT2D eigenvalue weighted by Crippen LogP contribution is -2.45. The number of fused-ring (bicyclic) bond motifs is 1. The maximum Gasteiger partial charge on any atom is 0.320 e. The predicted octanol–water partition coefficient (Wildman–Crippen LogP) is 2.57. The molecule has 9 nitrogen and oxygen atoms in total. The van der Waals surface area contributed by atoms with Crippen LogP contribution in [0.3, 0.4) is 0 Å². The molecular formula is C28H37N6O3+. The number of nitrogens with zero attached hydrogens (tertiary/aromatic N) is 4. The second kappa shape index (κ2) is 10.8. The number of carbonyl (C=O) groups excluding carboxylic acids is 1. The highest BCUT2D eigenvalue weighted by atomic mass is 16.5. The molecule has 2 aliphatic rings. The van der Waals surface area contributed by atoms with Crippen LogP contribution in [0.4, 0.5) is 22.7 Å². The quantitative estimate of drug-likeness (QED) is 0.552. The number of aromatic amines is 1. The molecule has 2 aliphatic heterocycles. The van der Waals surface area contributed by atoms with Crippen LogP contribution in [0.1, 0.15) is 10.5 Å². The van der Waals surface area contributed by atoms with Crippen LogP contribution in [0, 0.1) is 0 Å². The number of piperazine rings is 1. The van der Waals surface area contributed by atoms with Crippen molar-refractivity contribution in [2.24, 2.45) is 0 Å². The first-order valence-corrected chi connectivity index (χ1v) is 12.9. The first-order valence-electron chi connectivity index (χ1n) is 12.9. The SMILES string of the molecule is COc1cc(N2CCN(C)CC2)c2[nH+]c(C(=O)Nc3ccc(N4CCOCC4)cc3)cc(N(C)C)c2c1. The smallest absolute Gasteiger partial charge is 0.320 e. The standard InChI is InChI=1S/C28H36N6O3/c1-31(2)25-19-24(28(35)29-20-5-7-21(8-6-20)33-13-15-37-16-14-33)30-27-23(25)17-22(36-4)18-26(27)34-11-9-32(3)10-12-34/h5-8,17-19H,9-16H2,1-4H3,(H,29,35)/p+1. The summed E-state index contributed by atoms with van der Waals surface area (Å²) in [5.41, 5.74) is 5.35. The van der Waals surface area contributed by atoms with Gasteiger partial charge in [0.1, 0.15) is 11.4 Å². The van der Waals surface area contributed by atoms with Crippen LogP contribution in [-0.4, -0.2) is 91.5 Å². The number of morpholine rings is 1. The van der Waals surface area contributed by atoms with Crippen LogP contribution in [0.15, 0.2) is 42.5 Å². The van der Waals surface area contributed by atoms with Crippen molar-refractivity contribution in [3.63, 3.8) is 0 Å². The Kier molecular flexibility index (Phi) is 7.34. The largest absolute Gasteiger partial charge is 0.497 e. The molecule has 0 spiro atoms. The Morgan fingerprint density at radius 3 is 2.32 bits per heavy atom. The maximum atomic E-state index is 13.4. The average molecular weight is 506 g/mol. The Bertz CT molecular complexity index is 1250. The summed E-state index contributed by atoms with van der Waals surface area (Å²) < 4.78 is 11.1. The highest BCUT2D eigenvalue weighted by Gasteiger charge is 2.26. The number of nitrogens with one attached hydrogen (secondary N) is 2. The van der Waals surface area contributed by atoms with Crippen molar-refractivity contribution in [1.29, 1.82) is 0 Å². The molecular weight excluding hydrogens is 468 g/mol. The number of carbonyl (C=O) groups is 1. The summed E-state index contributed by atoms with van der Waals surface area (Å²) in [4.78, 5) is 25.9. The molecule has 2 fully saturated rings. The molecule has 1 aromatic heterocycles. The number of aromatic nitrogens is 1. The lowest BCUT2D eigenvalue weighted by Gasteiger charge is -2.33. The predicted molar refractivity (Wildman–Crippen MR) is 149 cm³/mol. The van der Waals surface area contributed by atoms with E-state index in [0.29, 0.717) is 5.69 Å². The van der Waals surface area contributed by atoms with E-state index in [1.165, 1.54) is 0 Å². The molecule has 0 saturated carbocycles. The minimum atomic E-state index is -0.177. The number of rotatable bonds is 6. The van der Waals surface area contributed by atoms with Crippen molar-refractivity contribution >= 4 is 39.6 Å². The molecule has 3 heterocycles. The van der Waals surface area contributed by atoms with E-state index in [9.17, 15) is 4.79 Å². The average Bonchev–Trinajstić information content (AvgIpc) is 2.93. The number of anilines is 4. The number of ether oxygens (including phenoxy) is 2. The van der Waals surface area contributed by atoms with E-state index in [1.807, 2.05) is 55.4 Å². The summed E-state index contributed by atoms with van der Waals surface area (Å²) >= 11 is 0. The molecule has 0 aliphatic carbocycles. The molecule has 9 heteroatoms. The fourth-order valence-electron chi connectivity index (χ4n) is 5.00. The van der Waals surface area contributed by atoms with Crippen molar-refractivity contribution in [3.05, 3.63) is 48.2 Å². The van der Waals surface area contributed by atoms with Gasteiger partial charge in [0.05, 0.1) is 31.4 Å². The summed E-state index contributed by atoms with van der Waals surface area (Å²) in [6, 6.07) is 14.0. The van der Waals surface area contributed by atoms with Crippen molar-refractivity contribution in [2.75, 3.05) is 101 Å². The van der Waals surface area contributed by atoms with Gasteiger partial charge < -0.3 is 34.4 Å². The van der Waals surface area contributed by atoms with E-state index in [0.717, 1.165) is 91.9 Å². The van der Waals surface area contributed by atoms with Gasteiger partial charge in [-0.25, -0.2) is 0 Å². The molecule has 37 heavy (non-hydrogen) atoms. The summed E-state index contributed by atoms with van der Waals surface area (Å²) in [6.45, 7) is 7.04. The number of pyridine rings is 1. The third-order valence-electron chi connectivity index (χ3n) is 7.22. The molecule has 196 valence electrons. The minimum absolute atomic E-state index is 0.177. The zero-order valence-corrected chi connectivity index (χ0v) is 22.2. The van der Waals surface area contributed by atoms with E-state index in [2.05, 4.69) is 38.1 Å². The van der Waals surface area contributed by atoms with Crippen molar-refractivity contribution in [2.45, 2.75) is 0 Å². The first-order chi connectivity index (χ1) is 17.9. The number of methoxy groups -OCH3 is 1. The van der Waals surface area contributed by atoms with Gasteiger partial charge in [-0.3, -0.25) is 4.79 Å². The second-order valence-electron chi connectivity index (χ2n) is 9.92. The third-order valence-corrected chi connectivity index (χ3v) is 7.22. The number of benzene rings is 2. The molecule has 0 bridgehead atoms. The van der Waals surface area contributed by atoms with E-state index in [1.54, 1.807) is 7.11 Å². The highest BCUT2D eigenvalue weighted by molar-refractivity contribution is 6.06. The Labute approximate surface area is 218 Å². The Morgan fingerprint density at radius 2 is 1.68 bits per heavy atom. The number of H-pyrrole nitrogens is 1. The van der Waals surface area contributed by atoms with Gasteiger partial charge in [0.15, 0.2) is 0 Å². The molecule has 3 aromatic rings. The molecule has 1 amide bonds. The normalized spacial score (nSPS) is 16.6. The maximum absolute atomic E-state index is 13.4. The molecule has 0 radical (unpaired) electrons. The van der Waals surface area contributed by atoms with Gasteiger partial charge in [-0.05, 0) is 37.4 Å². The van der Waals surface area contributed by atoms with Gasteiger partial charge in [-0.15, -0.1) is 0 Å². The molecule has 2 N–H and O–H groups in total. The highest BCUT2D eigenvalue weighted by Crippen LogP contribution is 2.35. The lowest BCUT2D eigenvalue weighted by atomic mass is 10.1. The summed E-state index contributed by atoms with van der Waals surface area (Å²) in [7, 11) is 7.83. The minimum Gasteiger partial charge on any atom is -0.497 e. The Morgan fingerprint density at radius 1 is 0.973 bits per heavy atom. The van der Waals surface area contributed by atoms with Crippen molar-refractivity contribution in [1.82, 2.24) is 4.90 Å². The van der Waals surface area contributed by atoms with Crippen LogP contribution >= 0.6 is 0 Å². The van der Waals surface area contributed by atoms with Crippen molar-refractivity contribution in [3.8, 4) is 5.75 Å². The van der Waals surface area contributed by atoms with Gasteiger partial charge in [0.25, 0.3) is 5.69 Å². The first kappa shape index (κ1) is 25.1. The van der Waals surface area contributed by atoms with Crippen LogP contribution in [-0.2, 0) is 4.74 Å². The summed E-state index contributed by atoms with van der Waals surface area (Å²) in [5, 5.41) is 4.09. The summed E-state index contributed by atoms with van der Waals surface area (Å²) in [6.07, 6.45) is 0. The van der Waals surface area contributed by atoms with Crippen LogP contribution in [0.5, 0.6) is 5.75 Å². The molecule has 5 rings (SSSR count). The zero-order chi connectivity index (χ0) is 25.9. The molecule has 0 unspecified atom stereocenters. The third kappa shape index (κ3) is 5.42. The van der Waals surface area contributed by atoms with Crippen LogP contribution in [0.2, 0.25) is 0 Å². The van der Waals surface area contributed by atoms with Crippen LogP contribution < -0.4 is 29.7 Å². The van der Waals surface area contributed by atoms with Gasteiger partial charge in [0.2, 0.25) is 5.52 Å². The Hall–Kier alpha value is -3.56. The van der Waals surface area contributed by atoms with Gasteiger partial charge >= 0.3 is 5.91 Å². The molecule has 2 aromatic carbocycles. The van der Waals surface area contributed by atoms with E-state index >= 15 is 0 Å². The fourth-order valence-corrected chi connectivity index (χ4v) is 5.00. The van der Waals surface area contributed by atoms with E-state index in [4.69, 9.17) is 9.47 Å². The van der Waals surface area contributed by atoms with Gasteiger partial charge in [0, 0.05) is 76.9 Å². The Balaban J connectivity index is 1.47. The monoisotopic (exact) mass is 505 g/mol. The fraction of sp³-hybridized carbons (Fsp3) is 0.429. The lowest BCUT2D eigenvalue weighted by molar-refractivity contribution is -0.348. The molecule has 0 atom stereocenters. The van der Waals surface area contributed by atoms with Gasteiger partial charge in [-0.2, -0.15) is 4.98 Å². The number of hydrogen-bond donors (Lipinski definition) is 1. The van der Waals surface area contributed by atoms with Crippen molar-refractivity contribution < 1.29 is 19.3 Å². The number of hydrogen-bond acceptors (Lipinski definition) is 7. The molecule has 2 saturated heterocycles. The van der Waals surface area contributed by atoms with E-state index < -0.39 is 0 Å².